The molecule has 0 spiro atoms. The number of hydrogen-bond donors (Lipinski definition) is 1. The van der Waals surface area contributed by atoms with Gasteiger partial charge < -0.3 is 4.55 Å². The lowest BCUT2D eigenvalue weighted by molar-refractivity contribution is 0.483. The summed E-state index contributed by atoms with van der Waals surface area (Å²) in [6, 6.07) is 3.27. The zero-order valence-electron chi connectivity index (χ0n) is 11.4. The van der Waals surface area contributed by atoms with Gasteiger partial charge in [0.1, 0.15) is 16.4 Å². The fourth-order valence-electron chi connectivity index (χ4n) is 1.89. The van der Waals surface area contributed by atoms with Crippen LogP contribution in [0, 0.1) is 17.6 Å². The van der Waals surface area contributed by atoms with Gasteiger partial charge in [-0.15, -0.1) is 4.72 Å². The molecule has 1 aliphatic rings. The van der Waals surface area contributed by atoms with Crippen LogP contribution in [0.2, 0.25) is 0 Å². The molecule has 1 unspecified atom stereocenters. The summed E-state index contributed by atoms with van der Waals surface area (Å²) >= 11 is -1.27. The first-order valence-corrected chi connectivity index (χ1v) is 7.57. The Morgan fingerprint density at radius 1 is 1.32 bits per heavy atom. The van der Waals surface area contributed by atoms with E-state index in [-0.39, 0.29) is 12.0 Å². The third-order valence-electron chi connectivity index (χ3n) is 3.18. The highest BCUT2D eigenvalue weighted by atomic mass is 32.2. The van der Waals surface area contributed by atoms with E-state index in [0.717, 1.165) is 18.9 Å². The number of halogens is 2. The van der Waals surface area contributed by atoms with E-state index in [0.29, 0.717) is 5.56 Å². The number of hydrogen-bond acceptors (Lipinski definition) is 2. The standard InChI is InChI=1S/C14H19F2NOS/c1-14(2,3)19(18)17-13(9-4-5-9)11-7-6-10(15)8-12(11)16/h6-9,13,17H,4-5H2,1-3H3/t13-,19?/m0/s1. The lowest BCUT2D eigenvalue weighted by Gasteiger charge is -2.28. The van der Waals surface area contributed by atoms with Crippen LogP contribution in [0.3, 0.4) is 0 Å². The van der Waals surface area contributed by atoms with E-state index >= 15 is 0 Å². The highest BCUT2D eigenvalue weighted by Crippen LogP contribution is 2.42. The predicted molar refractivity (Wildman–Crippen MR) is 72.9 cm³/mol. The van der Waals surface area contributed by atoms with Gasteiger partial charge in [-0.05, 0) is 45.6 Å². The van der Waals surface area contributed by atoms with Gasteiger partial charge in [0.15, 0.2) is 0 Å². The lowest BCUT2D eigenvalue weighted by atomic mass is 10.0. The summed E-state index contributed by atoms with van der Waals surface area (Å²) in [6.45, 7) is 5.59. The second-order valence-corrected chi connectivity index (χ2v) is 7.98. The van der Waals surface area contributed by atoms with E-state index in [1.807, 2.05) is 20.8 Å². The van der Waals surface area contributed by atoms with Crippen LogP contribution < -0.4 is 4.72 Å². The van der Waals surface area contributed by atoms with Gasteiger partial charge in [-0.1, -0.05) is 6.07 Å². The van der Waals surface area contributed by atoms with E-state index in [2.05, 4.69) is 4.72 Å². The third kappa shape index (κ3) is 3.68. The molecule has 0 radical (unpaired) electrons. The van der Waals surface area contributed by atoms with Crippen molar-refractivity contribution in [2.24, 2.45) is 5.92 Å². The molecular weight excluding hydrogens is 268 g/mol. The van der Waals surface area contributed by atoms with Gasteiger partial charge in [0.25, 0.3) is 0 Å². The molecule has 2 nitrogen and oxygen atoms in total. The molecule has 0 heterocycles. The number of rotatable bonds is 4. The maximum Gasteiger partial charge on any atom is 0.136 e. The van der Waals surface area contributed by atoms with E-state index in [1.165, 1.54) is 12.1 Å². The first kappa shape index (κ1) is 14.8. The molecule has 5 heteroatoms. The second kappa shape index (κ2) is 5.38. The quantitative estimate of drug-likeness (QED) is 0.861. The van der Waals surface area contributed by atoms with Gasteiger partial charge >= 0.3 is 0 Å². The van der Waals surface area contributed by atoms with Gasteiger partial charge in [0, 0.05) is 23.0 Å². The molecule has 0 aliphatic heterocycles. The maximum absolute atomic E-state index is 13.9. The minimum absolute atomic E-state index is 0.284. The Bertz CT molecular complexity index is 457. The Morgan fingerprint density at radius 2 is 1.95 bits per heavy atom. The molecule has 1 aliphatic carbocycles. The fraction of sp³-hybridized carbons (Fsp3) is 0.571. The summed E-state index contributed by atoms with van der Waals surface area (Å²) in [7, 11) is 0. The zero-order chi connectivity index (χ0) is 14.2. The minimum Gasteiger partial charge on any atom is -0.598 e. The molecule has 1 fully saturated rings. The molecular formula is C14H19F2NOS. The first-order valence-electron chi connectivity index (χ1n) is 6.42. The van der Waals surface area contributed by atoms with E-state index in [1.54, 1.807) is 0 Å². The van der Waals surface area contributed by atoms with Crippen molar-refractivity contribution in [3.8, 4) is 0 Å². The monoisotopic (exact) mass is 287 g/mol. The van der Waals surface area contributed by atoms with Crippen LogP contribution in [0.15, 0.2) is 18.2 Å². The molecule has 1 aromatic carbocycles. The van der Waals surface area contributed by atoms with Crippen molar-refractivity contribution in [3.05, 3.63) is 35.4 Å². The largest absolute Gasteiger partial charge is 0.598 e. The SMILES string of the molecule is CC(C)(C)[S+]([O-])N[C@H](c1ccc(F)cc1F)C1CC1. The summed E-state index contributed by atoms with van der Waals surface area (Å²) in [5.74, 6) is -0.880. The molecule has 0 aromatic heterocycles. The molecule has 0 saturated heterocycles. The van der Waals surface area contributed by atoms with Crippen molar-refractivity contribution >= 4 is 11.4 Å². The van der Waals surface area contributed by atoms with Crippen LogP contribution >= 0.6 is 0 Å². The van der Waals surface area contributed by atoms with Crippen LogP contribution in [0.5, 0.6) is 0 Å². The van der Waals surface area contributed by atoms with Gasteiger partial charge in [-0.2, -0.15) is 0 Å². The molecule has 2 rings (SSSR count). The lowest BCUT2D eigenvalue weighted by Crippen LogP contribution is -2.42. The highest BCUT2D eigenvalue weighted by molar-refractivity contribution is 7.90. The van der Waals surface area contributed by atoms with Crippen LogP contribution in [-0.2, 0) is 11.4 Å². The smallest absolute Gasteiger partial charge is 0.136 e. The predicted octanol–water partition coefficient (Wildman–Crippen LogP) is 3.47. The number of benzene rings is 1. The van der Waals surface area contributed by atoms with Crippen molar-refractivity contribution in [1.82, 2.24) is 4.72 Å². The van der Waals surface area contributed by atoms with Crippen LogP contribution in [-0.4, -0.2) is 9.30 Å². The van der Waals surface area contributed by atoms with Crippen LogP contribution in [0.1, 0.15) is 45.2 Å². The summed E-state index contributed by atoms with van der Waals surface area (Å²) in [5.41, 5.74) is 0.404. The molecule has 19 heavy (non-hydrogen) atoms. The molecule has 1 N–H and O–H groups in total. The number of nitrogens with one attached hydrogen (secondary N) is 1. The molecule has 0 amide bonds. The van der Waals surface area contributed by atoms with Gasteiger partial charge in [0.2, 0.25) is 0 Å². The maximum atomic E-state index is 13.9. The van der Waals surface area contributed by atoms with Crippen molar-refractivity contribution < 1.29 is 13.3 Å². The highest BCUT2D eigenvalue weighted by Gasteiger charge is 2.39. The Morgan fingerprint density at radius 3 is 2.42 bits per heavy atom. The summed E-state index contributed by atoms with van der Waals surface area (Å²) in [4.78, 5) is 0. The van der Waals surface area contributed by atoms with E-state index in [9.17, 15) is 13.3 Å². The summed E-state index contributed by atoms with van der Waals surface area (Å²) in [6.07, 6.45) is 1.96. The summed E-state index contributed by atoms with van der Waals surface area (Å²) < 4.78 is 41.6. The normalized spacial score (nSPS) is 19.3. The van der Waals surface area contributed by atoms with Crippen molar-refractivity contribution in [2.75, 3.05) is 0 Å². The van der Waals surface area contributed by atoms with Gasteiger partial charge in [-0.25, -0.2) is 8.78 Å². The van der Waals surface area contributed by atoms with Crippen LogP contribution in [0.4, 0.5) is 8.78 Å². The molecule has 106 valence electrons. The Balaban J connectivity index is 2.21. The average Bonchev–Trinajstić information content (AvgIpc) is 3.08. The van der Waals surface area contributed by atoms with E-state index in [4.69, 9.17) is 0 Å². The molecule has 0 bridgehead atoms. The van der Waals surface area contributed by atoms with Crippen LogP contribution in [0.25, 0.3) is 0 Å². The van der Waals surface area contributed by atoms with Crippen molar-refractivity contribution in [2.45, 2.75) is 44.4 Å². The van der Waals surface area contributed by atoms with Crippen molar-refractivity contribution in [1.29, 1.82) is 0 Å². The van der Waals surface area contributed by atoms with Crippen molar-refractivity contribution in [3.63, 3.8) is 0 Å². The Kier molecular flexibility index (Phi) is 4.18. The molecule has 1 saturated carbocycles. The molecule has 2 atom stereocenters. The zero-order valence-corrected chi connectivity index (χ0v) is 12.2. The summed E-state index contributed by atoms with van der Waals surface area (Å²) in [5, 5.41) is 0. The van der Waals surface area contributed by atoms with Gasteiger partial charge in [-0.3, -0.25) is 0 Å². The Labute approximate surface area is 115 Å². The Hall–Kier alpha value is -0.650. The first-order chi connectivity index (χ1) is 8.79. The average molecular weight is 287 g/mol. The van der Waals surface area contributed by atoms with Gasteiger partial charge in [0.05, 0.1) is 6.04 Å². The fourth-order valence-corrected chi connectivity index (χ4v) is 2.79. The second-order valence-electron chi connectivity index (χ2n) is 5.98. The minimum atomic E-state index is -1.27. The molecule has 1 aromatic rings. The topological polar surface area (TPSA) is 35.1 Å². The third-order valence-corrected chi connectivity index (χ3v) is 4.76. The van der Waals surface area contributed by atoms with E-state index < -0.39 is 27.7 Å².